The Hall–Kier alpha value is -2.83. The number of rotatable bonds is 3. The van der Waals surface area contributed by atoms with Crippen LogP contribution in [-0.4, -0.2) is 23.8 Å². The molecule has 0 unspecified atom stereocenters. The van der Waals surface area contributed by atoms with Crippen molar-refractivity contribution in [2.75, 3.05) is 7.05 Å². The highest BCUT2D eigenvalue weighted by Crippen LogP contribution is 2.41. The number of hydrogen-bond acceptors (Lipinski definition) is 2. The molecule has 0 aromatic heterocycles. The largest absolute Gasteiger partial charge is 0.416 e. The number of carbonyl (C=O) groups is 1. The van der Waals surface area contributed by atoms with E-state index in [2.05, 4.69) is 5.32 Å². The van der Waals surface area contributed by atoms with E-state index in [1.807, 2.05) is 38.1 Å². The maximum atomic E-state index is 13.1. The molecule has 2 N–H and O–H groups in total. The lowest BCUT2D eigenvalue weighted by molar-refractivity contribution is -0.137. The average molecular weight is 389 g/mol. The number of alkyl halides is 3. The molecule has 4 nitrogen and oxygen atoms in total. The minimum Gasteiger partial charge on any atom is -0.346 e. The summed E-state index contributed by atoms with van der Waals surface area (Å²) in [6.07, 6.45) is -3.63. The summed E-state index contributed by atoms with van der Waals surface area (Å²) in [4.78, 5) is 14.3. The van der Waals surface area contributed by atoms with Gasteiger partial charge in [-0.1, -0.05) is 43.3 Å². The molecule has 2 aromatic rings. The highest BCUT2D eigenvalue weighted by atomic mass is 19.4. The number of halogens is 3. The zero-order valence-electron chi connectivity index (χ0n) is 15.9. The lowest BCUT2D eigenvalue weighted by Crippen LogP contribution is -2.62. The number of aryl methyl sites for hydroxylation is 1. The highest BCUT2D eigenvalue weighted by Gasteiger charge is 2.48. The van der Waals surface area contributed by atoms with Gasteiger partial charge in [0.1, 0.15) is 0 Å². The molecule has 1 fully saturated rings. The van der Waals surface area contributed by atoms with Gasteiger partial charge in [0.15, 0.2) is 5.96 Å². The van der Waals surface area contributed by atoms with Crippen LogP contribution < -0.4 is 5.32 Å². The standard InChI is InChI=1S/C21H22F3N3O/c1-4-13-6-5-7-16(12-13)20(2)17(18(28)27(3)19(25)26-20)14-8-10-15(11-9-14)21(22,23)24/h5-12,17H,4H2,1-3H3,(H2,25,26)/t17-,20-/m1/s1. The Balaban J connectivity index is 2.13. The zero-order chi connectivity index (χ0) is 20.7. The number of nitrogens with zero attached hydrogens (tertiary/aromatic N) is 1. The van der Waals surface area contributed by atoms with Crippen molar-refractivity contribution in [3.05, 3.63) is 70.8 Å². The van der Waals surface area contributed by atoms with Crippen LogP contribution in [-0.2, 0) is 22.9 Å². The molecule has 1 saturated heterocycles. The van der Waals surface area contributed by atoms with E-state index >= 15 is 0 Å². The number of hydrogen-bond donors (Lipinski definition) is 2. The van der Waals surface area contributed by atoms with Crippen LogP contribution in [0.25, 0.3) is 0 Å². The number of likely N-dealkylation sites (N-methyl/N-ethyl adjacent to an activating group) is 1. The minimum absolute atomic E-state index is 0.0439. The lowest BCUT2D eigenvalue weighted by Gasteiger charge is -2.46. The second-order valence-corrected chi connectivity index (χ2v) is 7.18. The van der Waals surface area contributed by atoms with Crippen LogP contribution in [0.5, 0.6) is 0 Å². The Morgan fingerprint density at radius 3 is 2.39 bits per heavy atom. The van der Waals surface area contributed by atoms with E-state index < -0.39 is 23.2 Å². The Morgan fingerprint density at radius 2 is 1.82 bits per heavy atom. The second kappa shape index (κ2) is 6.96. The first-order valence-corrected chi connectivity index (χ1v) is 8.98. The molecule has 7 heteroatoms. The van der Waals surface area contributed by atoms with Crippen molar-refractivity contribution >= 4 is 11.9 Å². The number of carbonyl (C=O) groups excluding carboxylic acids is 1. The van der Waals surface area contributed by atoms with Crippen LogP contribution in [0.15, 0.2) is 48.5 Å². The third kappa shape index (κ3) is 3.37. The first-order chi connectivity index (χ1) is 13.1. The molecule has 0 bridgehead atoms. The topological polar surface area (TPSA) is 56.2 Å². The smallest absolute Gasteiger partial charge is 0.346 e. The zero-order valence-corrected chi connectivity index (χ0v) is 15.9. The van der Waals surface area contributed by atoms with Crippen LogP contribution in [0.2, 0.25) is 0 Å². The van der Waals surface area contributed by atoms with Crippen molar-refractivity contribution in [2.24, 2.45) is 0 Å². The normalized spacial score (nSPS) is 22.9. The van der Waals surface area contributed by atoms with Crippen LogP contribution >= 0.6 is 0 Å². The first-order valence-electron chi connectivity index (χ1n) is 8.98. The van der Waals surface area contributed by atoms with Gasteiger partial charge in [-0.25, -0.2) is 0 Å². The third-order valence-electron chi connectivity index (χ3n) is 5.37. The second-order valence-electron chi connectivity index (χ2n) is 7.18. The van der Waals surface area contributed by atoms with Gasteiger partial charge in [-0.15, -0.1) is 0 Å². The van der Waals surface area contributed by atoms with E-state index in [1.54, 1.807) is 0 Å². The molecule has 1 amide bonds. The first kappa shape index (κ1) is 19.9. The number of nitrogens with one attached hydrogen (secondary N) is 2. The molecule has 0 saturated carbocycles. The molecule has 1 aliphatic heterocycles. The lowest BCUT2D eigenvalue weighted by atomic mass is 9.73. The van der Waals surface area contributed by atoms with Crippen molar-refractivity contribution in [1.29, 1.82) is 5.41 Å². The molecule has 1 heterocycles. The van der Waals surface area contributed by atoms with Crippen LogP contribution in [0.1, 0.15) is 42.0 Å². The van der Waals surface area contributed by atoms with Gasteiger partial charge in [-0.2, -0.15) is 13.2 Å². The number of benzene rings is 2. The van der Waals surface area contributed by atoms with E-state index in [9.17, 15) is 18.0 Å². The van der Waals surface area contributed by atoms with E-state index in [4.69, 9.17) is 5.41 Å². The molecule has 0 radical (unpaired) electrons. The highest BCUT2D eigenvalue weighted by molar-refractivity contribution is 6.02. The summed E-state index contributed by atoms with van der Waals surface area (Å²) in [6.45, 7) is 3.83. The van der Waals surface area contributed by atoms with Crippen molar-refractivity contribution < 1.29 is 18.0 Å². The molecule has 0 spiro atoms. The maximum absolute atomic E-state index is 13.1. The summed E-state index contributed by atoms with van der Waals surface area (Å²) in [6, 6.07) is 12.4. The summed E-state index contributed by atoms with van der Waals surface area (Å²) >= 11 is 0. The summed E-state index contributed by atoms with van der Waals surface area (Å²) in [5.74, 6) is -1.16. The molecule has 28 heavy (non-hydrogen) atoms. The molecule has 2 atom stereocenters. The monoisotopic (exact) mass is 389 g/mol. The Kier molecular flexibility index (Phi) is 4.95. The molecule has 148 valence electrons. The van der Waals surface area contributed by atoms with Crippen molar-refractivity contribution in [3.63, 3.8) is 0 Å². The fourth-order valence-electron chi connectivity index (χ4n) is 3.65. The van der Waals surface area contributed by atoms with Crippen molar-refractivity contribution in [1.82, 2.24) is 10.2 Å². The van der Waals surface area contributed by atoms with Gasteiger partial charge in [-0.05, 0) is 42.2 Å². The Morgan fingerprint density at radius 1 is 1.18 bits per heavy atom. The average Bonchev–Trinajstić information content (AvgIpc) is 2.66. The van der Waals surface area contributed by atoms with Crippen molar-refractivity contribution in [3.8, 4) is 0 Å². The van der Waals surface area contributed by atoms with Gasteiger partial charge in [0.05, 0.1) is 17.0 Å². The van der Waals surface area contributed by atoms with Crippen LogP contribution in [0, 0.1) is 5.41 Å². The van der Waals surface area contributed by atoms with E-state index in [0.717, 1.165) is 29.7 Å². The number of guanidine groups is 1. The van der Waals surface area contributed by atoms with Gasteiger partial charge >= 0.3 is 6.18 Å². The predicted octanol–water partition coefficient (Wildman–Crippen LogP) is 4.26. The quantitative estimate of drug-likeness (QED) is 0.824. The van der Waals surface area contributed by atoms with Crippen molar-refractivity contribution in [2.45, 2.75) is 37.9 Å². The fourth-order valence-corrected chi connectivity index (χ4v) is 3.65. The van der Waals surface area contributed by atoms with Gasteiger partial charge in [0.25, 0.3) is 0 Å². The van der Waals surface area contributed by atoms with Crippen LogP contribution in [0.3, 0.4) is 0 Å². The van der Waals surface area contributed by atoms with E-state index in [-0.39, 0.29) is 11.9 Å². The summed E-state index contributed by atoms with van der Waals surface area (Å²) in [7, 11) is 1.48. The van der Waals surface area contributed by atoms with E-state index in [0.29, 0.717) is 5.56 Å². The van der Waals surface area contributed by atoms with Crippen LogP contribution in [0.4, 0.5) is 13.2 Å². The molecule has 2 aromatic carbocycles. The van der Waals surface area contributed by atoms with Gasteiger partial charge < -0.3 is 5.32 Å². The Labute approximate surface area is 161 Å². The SMILES string of the molecule is CCc1cccc([C@@]2(C)NC(=N)N(C)C(=O)[C@H]2c2ccc(C(F)(F)F)cc2)c1. The van der Waals surface area contributed by atoms with E-state index in [1.165, 1.54) is 24.1 Å². The summed E-state index contributed by atoms with van der Waals surface area (Å²) in [5.41, 5.74) is 0.621. The summed E-state index contributed by atoms with van der Waals surface area (Å²) in [5, 5.41) is 11.2. The molecular formula is C21H22F3N3O. The molecule has 1 aliphatic rings. The minimum atomic E-state index is -4.44. The fraction of sp³-hybridized carbons (Fsp3) is 0.333. The van der Waals surface area contributed by atoms with Gasteiger partial charge in [0, 0.05) is 7.05 Å². The molecule has 0 aliphatic carbocycles. The predicted molar refractivity (Wildman–Crippen MR) is 101 cm³/mol. The third-order valence-corrected chi connectivity index (χ3v) is 5.37. The summed E-state index contributed by atoms with van der Waals surface area (Å²) < 4.78 is 38.8. The maximum Gasteiger partial charge on any atom is 0.416 e. The van der Waals surface area contributed by atoms with Gasteiger partial charge in [-0.3, -0.25) is 15.1 Å². The molecular weight excluding hydrogens is 367 g/mol. The Bertz CT molecular complexity index is 908. The van der Waals surface area contributed by atoms with Gasteiger partial charge in [0.2, 0.25) is 5.91 Å². The molecule has 3 rings (SSSR count). The number of amides is 1.